The molecule has 0 radical (unpaired) electrons. The minimum atomic E-state index is -0.833. The predicted octanol–water partition coefficient (Wildman–Crippen LogP) is 2.79. The number of nitro groups is 1. The number of aryl methyl sites for hydroxylation is 1. The number of carbonyl (C=O) groups excluding carboxylic acids is 2. The topological polar surface area (TPSA) is 92.6 Å². The Balaban J connectivity index is 1.82. The summed E-state index contributed by atoms with van der Waals surface area (Å²) in [6, 6.07) is 8.71. The highest BCUT2D eigenvalue weighted by Crippen LogP contribution is 2.27. The summed E-state index contributed by atoms with van der Waals surface area (Å²) in [5, 5.41) is 13.9. The Morgan fingerprint density at radius 2 is 1.88 bits per heavy atom. The molecule has 1 atom stereocenters. The first-order chi connectivity index (χ1) is 11.9. The van der Waals surface area contributed by atoms with E-state index in [0.717, 1.165) is 4.90 Å². The molecular formula is C17H14FN3O4. The highest BCUT2D eigenvalue weighted by atomic mass is 19.1. The van der Waals surface area contributed by atoms with E-state index in [0.29, 0.717) is 11.3 Å². The minimum absolute atomic E-state index is 0.0721. The van der Waals surface area contributed by atoms with Crippen molar-refractivity contribution in [2.75, 3.05) is 10.2 Å². The van der Waals surface area contributed by atoms with E-state index >= 15 is 0 Å². The summed E-state index contributed by atoms with van der Waals surface area (Å²) in [6.07, 6.45) is -0.0854. The zero-order valence-corrected chi connectivity index (χ0v) is 13.2. The van der Waals surface area contributed by atoms with E-state index in [2.05, 4.69) is 5.32 Å². The third-order valence-corrected chi connectivity index (χ3v) is 3.98. The standard InChI is InChI=1S/C17H14FN3O4/c1-10-2-5-12(8-15(10)21(24)25)19-14-9-16(22)20(17(14)23)13-6-3-11(18)4-7-13/h2-8,14,19H,9H2,1H3. The SMILES string of the molecule is Cc1ccc(NC2CC(=O)N(c3ccc(F)cc3)C2=O)cc1[N+](=O)[O-]. The van der Waals surface area contributed by atoms with Gasteiger partial charge in [0.1, 0.15) is 11.9 Å². The molecule has 128 valence electrons. The van der Waals surface area contributed by atoms with Crippen LogP contribution in [-0.2, 0) is 9.59 Å². The van der Waals surface area contributed by atoms with Gasteiger partial charge in [-0.05, 0) is 37.3 Å². The molecule has 7 nitrogen and oxygen atoms in total. The van der Waals surface area contributed by atoms with Crippen LogP contribution in [0.5, 0.6) is 0 Å². The molecule has 0 aromatic heterocycles. The van der Waals surface area contributed by atoms with E-state index in [-0.39, 0.29) is 17.8 Å². The van der Waals surface area contributed by atoms with Gasteiger partial charge in [-0.3, -0.25) is 19.7 Å². The van der Waals surface area contributed by atoms with Crippen LogP contribution in [0.3, 0.4) is 0 Å². The van der Waals surface area contributed by atoms with Crippen molar-refractivity contribution in [3.63, 3.8) is 0 Å². The van der Waals surface area contributed by atoms with Crippen LogP contribution in [0.25, 0.3) is 0 Å². The molecule has 2 amide bonds. The number of carbonyl (C=O) groups is 2. The van der Waals surface area contributed by atoms with Gasteiger partial charge in [0.15, 0.2) is 0 Å². The van der Waals surface area contributed by atoms with Gasteiger partial charge in [-0.25, -0.2) is 9.29 Å². The van der Waals surface area contributed by atoms with Crippen LogP contribution < -0.4 is 10.2 Å². The summed E-state index contributed by atoms with van der Waals surface area (Å²) in [5.74, 6) is -1.37. The normalized spacial score (nSPS) is 17.0. The molecule has 1 saturated heterocycles. The highest BCUT2D eigenvalue weighted by molar-refractivity contribution is 6.23. The van der Waals surface area contributed by atoms with Crippen LogP contribution in [0.1, 0.15) is 12.0 Å². The number of anilines is 2. The quantitative estimate of drug-likeness (QED) is 0.523. The lowest BCUT2D eigenvalue weighted by Crippen LogP contribution is -2.34. The van der Waals surface area contributed by atoms with Crippen molar-refractivity contribution in [2.24, 2.45) is 0 Å². The van der Waals surface area contributed by atoms with Gasteiger partial charge < -0.3 is 5.32 Å². The van der Waals surface area contributed by atoms with Gasteiger partial charge in [-0.15, -0.1) is 0 Å². The van der Waals surface area contributed by atoms with Gasteiger partial charge in [0.2, 0.25) is 5.91 Å². The number of benzene rings is 2. The summed E-state index contributed by atoms with van der Waals surface area (Å²) < 4.78 is 13.0. The Morgan fingerprint density at radius 1 is 1.20 bits per heavy atom. The fourth-order valence-corrected chi connectivity index (χ4v) is 2.70. The lowest BCUT2D eigenvalue weighted by atomic mass is 10.1. The van der Waals surface area contributed by atoms with Gasteiger partial charge in [0.05, 0.1) is 17.0 Å². The first-order valence-electron chi connectivity index (χ1n) is 7.51. The largest absolute Gasteiger partial charge is 0.373 e. The number of amides is 2. The summed E-state index contributed by atoms with van der Waals surface area (Å²) in [5.41, 5.74) is 1.09. The second-order valence-electron chi connectivity index (χ2n) is 5.70. The number of hydrogen-bond donors (Lipinski definition) is 1. The van der Waals surface area contributed by atoms with Gasteiger partial charge in [0, 0.05) is 17.3 Å². The number of nitro benzene ring substituents is 1. The Kier molecular flexibility index (Phi) is 4.18. The van der Waals surface area contributed by atoms with E-state index in [1.54, 1.807) is 19.1 Å². The molecule has 1 aliphatic heterocycles. The van der Waals surface area contributed by atoms with Crippen LogP contribution >= 0.6 is 0 Å². The van der Waals surface area contributed by atoms with Gasteiger partial charge in [-0.1, -0.05) is 6.07 Å². The molecule has 1 unspecified atom stereocenters. The maximum absolute atomic E-state index is 13.0. The van der Waals surface area contributed by atoms with Gasteiger partial charge in [-0.2, -0.15) is 0 Å². The first-order valence-corrected chi connectivity index (χ1v) is 7.51. The van der Waals surface area contributed by atoms with E-state index in [4.69, 9.17) is 0 Å². The molecule has 1 aliphatic rings. The first kappa shape index (κ1) is 16.6. The fourth-order valence-electron chi connectivity index (χ4n) is 2.70. The number of rotatable bonds is 4. The fraction of sp³-hybridized carbons (Fsp3) is 0.176. The van der Waals surface area contributed by atoms with Crippen LogP contribution in [0.15, 0.2) is 42.5 Å². The van der Waals surface area contributed by atoms with Gasteiger partial charge in [0.25, 0.3) is 11.6 Å². The van der Waals surface area contributed by atoms with Crippen molar-refractivity contribution in [1.29, 1.82) is 0 Å². The number of imide groups is 1. The Labute approximate surface area is 142 Å². The van der Waals surface area contributed by atoms with Crippen molar-refractivity contribution >= 4 is 28.9 Å². The van der Waals surface area contributed by atoms with Crippen LogP contribution in [-0.4, -0.2) is 22.8 Å². The van der Waals surface area contributed by atoms with Crippen molar-refractivity contribution in [2.45, 2.75) is 19.4 Å². The predicted molar refractivity (Wildman–Crippen MR) is 88.8 cm³/mol. The summed E-state index contributed by atoms with van der Waals surface area (Å²) in [4.78, 5) is 36.2. The van der Waals surface area contributed by atoms with Crippen molar-refractivity contribution in [1.82, 2.24) is 0 Å². The molecule has 3 rings (SSSR count). The van der Waals surface area contributed by atoms with Crippen LogP contribution in [0.2, 0.25) is 0 Å². The highest BCUT2D eigenvalue weighted by Gasteiger charge is 2.39. The third-order valence-electron chi connectivity index (χ3n) is 3.98. The molecular weight excluding hydrogens is 329 g/mol. The average Bonchev–Trinajstić information content (AvgIpc) is 2.84. The van der Waals surface area contributed by atoms with Crippen molar-refractivity contribution < 1.29 is 18.9 Å². The van der Waals surface area contributed by atoms with Crippen LogP contribution in [0, 0.1) is 22.9 Å². The Bertz CT molecular complexity index is 867. The van der Waals surface area contributed by atoms with Crippen molar-refractivity contribution in [3.8, 4) is 0 Å². The minimum Gasteiger partial charge on any atom is -0.373 e. The van der Waals surface area contributed by atoms with Crippen LogP contribution in [0.4, 0.5) is 21.5 Å². The third kappa shape index (κ3) is 3.18. The molecule has 25 heavy (non-hydrogen) atoms. The van der Waals surface area contributed by atoms with Gasteiger partial charge >= 0.3 is 0 Å². The lowest BCUT2D eigenvalue weighted by molar-refractivity contribution is -0.385. The Morgan fingerprint density at radius 3 is 2.52 bits per heavy atom. The zero-order valence-electron chi connectivity index (χ0n) is 13.2. The average molecular weight is 343 g/mol. The number of hydrogen-bond acceptors (Lipinski definition) is 5. The summed E-state index contributed by atoms with van der Waals surface area (Å²) >= 11 is 0. The molecule has 1 fully saturated rings. The maximum atomic E-state index is 13.0. The lowest BCUT2D eigenvalue weighted by Gasteiger charge is -2.16. The zero-order chi connectivity index (χ0) is 18.1. The second-order valence-corrected chi connectivity index (χ2v) is 5.70. The molecule has 2 aromatic rings. The van der Waals surface area contributed by atoms with E-state index in [1.165, 1.54) is 30.3 Å². The summed E-state index contributed by atoms with van der Waals surface area (Å²) in [7, 11) is 0. The molecule has 2 aromatic carbocycles. The summed E-state index contributed by atoms with van der Waals surface area (Å²) in [6.45, 7) is 1.61. The second kappa shape index (κ2) is 6.31. The molecule has 0 spiro atoms. The molecule has 0 aliphatic carbocycles. The number of nitrogens with one attached hydrogen (secondary N) is 1. The number of nitrogens with zero attached hydrogens (tertiary/aromatic N) is 2. The van der Waals surface area contributed by atoms with Crippen molar-refractivity contribution in [3.05, 3.63) is 64.0 Å². The molecule has 0 saturated carbocycles. The van der Waals surface area contributed by atoms with E-state index < -0.39 is 28.6 Å². The maximum Gasteiger partial charge on any atom is 0.274 e. The smallest absolute Gasteiger partial charge is 0.274 e. The Hall–Kier alpha value is -3.29. The molecule has 0 bridgehead atoms. The van der Waals surface area contributed by atoms with E-state index in [9.17, 15) is 24.1 Å². The molecule has 1 heterocycles. The monoisotopic (exact) mass is 343 g/mol. The molecule has 8 heteroatoms. The number of halogens is 1. The molecule has 1 N–H and O–H groups in total. The van der Waals surface area contributed by atoms with E-state index in [1.807, 2.05) is 0 Å².